The Kier molecular flexibility index (Phi) is 2.88. The Balaban J connectivity index is 1.39. The number of fused-ring (bicyclic) bond motifs is 8. The number of nitrogens with one attached hydrogen (secondary N) is 1. The van der Waals surface area contributed by atoms with Gasteiger partial charge in [0.05, 0.1) is 29.8 Å². The maximum atomic E-state index is 11.8. The van der Waals surface area contributed by atoms with Crippen LogP contribution in [-0.2, 0) is 9.57 Å². The Morgan fingerprint density at radius 2 is 2.16 bits per heavy atom. The molecule has 1 saturated heterocycles. The van der Waals surface area contributed by atoms with Gasteiger partial charge in [-0.1, -0.05) is 5.16 Å². The van der Waals surface area contributed by atoms with Crippen molar-refractivity contribution in [3.05, 3.63) is 39.9 Å². The smallest absolute Gasteiger partial charge is 0.424 e. The molecular weight excluding hydrogens is 328 g/mol. The second-order valence-corrected chi connectivity index (χ2v) is 6.93. The number of nitro benzene ring substituents is 1. The van der Waals surface area contributed by atoms with Crippen molar-refractivity contribution in [2.75, 3.05) is 7.11 Å². The summed E-state index contributed by atoms with van der Waals surface area (Å²) >= 11 is 0. The summed E-state index contributed by atoms with van der Waals surface area (Å²) in [6.45, 7) is 0. The van der Waals surface area contributed by atoms with Crippen LogP contribution in [0.15, 0.2) is 29.4 Å². The second-order valence-electron chi connectivity index (χ2n) is 6.93. The zero-order valence-electron chi connectivity index (χ0n) is 13.4. The highest BCUT2D eigenvalue weighted by atomic mass is 16.6. The van der Waals surface area contributed by atoms with Gasteiger partial charge in [0.25, 0.3) is 5.69 Å². The lowest BCUT2D eigenvalue weighted by Crippen LogP contribution is -2.75. The van der Waals surface area contributed by atoms with Crippen LogP contribution in [0.5, 0.6) is 0 Å². The molecule has 0 aromatic heterocycles. The lowest BCUT2D eigenvalue weighted by atomic mass is 9.75. The van der Waals surface area contributed by atoms with Crippen molar-refractivity contribution in [3.8, 4) is 0 Å². The summed E-state index contributed by atoms with van der Waals surface area (Å²) < 4.78 is 4.80. The minimum Gasteiger partial charge on any atom is -0.452 e. The highest BCUT2D eigenvalue weighted by Gasteiger charge is 2.69. The molecule has 2 heterocycles. The normalized spacial score (nSPS) is 36.8. The van der Waals surface area contributed by atoms with Crippen LogP contribution in [0, 0.1) is 27.9 Å². The number of amides is 1. The molecule has 2 aliphatic heterocycles. The van der Waals surface area contributed by atoms with Gasteiger partial charge in [0.1, 0.15) is 6.10 Å². The van der Waals surface area contributed by atoms with Crippen molar-refractivity contribution in [3.63, 3.8) is 0 Å². The minimum atomic E-state index is -0.415. The van der Waals surface area contributed by atoms with Crippen molar-refractivity contribution in [2.24, 2.45) is 22.9 Å². The molecule has 4 aliphatic rings. The highest BCUT2D eigenvalue weighted by Crippen LogP contribution is 2.57. The van der Waals surface area contributed by atoms with E-state index in [2.05, 4.69) is 10.6 Å². The Morgan fingerprint density at radius 1 is 1.40 bits per heavy atom. The predicted octanol–water partition coefficient (Wildman–Crippen LogP) is 1.29. The van der Waals surface area contributed by atoms with Crippen LogP contribution in [0.2, 0.25) is 0 Å². The molecule has 130 valence electrons. The van der Waals surface area contributed by atoms with Crippen molar-refractivity contribution >= 4 is 17.5 Å². The number of nitrogens with zero attached hydrogens (tertiary/aromatic N) is 3. The molecule has 0 radical (unpaired) electrons. The average Bonchev–Trinajstić information content (AvgIpc) is 3.23. The van der Waals surface area contributed by atoms with Crippen LogP contribution >= 0.6 is 0 Å². The molecule has 1 N–H and O–H groups in total. The Labute approximate surface area is 142 Å². The fourth-order valence-corrected chi connectivity index (χ4v) is 4.97. The van der Waals surface area contributed by atoms with E-state index in [0.717, 1.165) is 17.7 Å². The molecule has 2 unspecified atom stereocenters. The first-order valence-electron chi connectivity index (χ1n) is 8.22. The van der Waals surface area contributed by atoms with E-state index in [1.807, 2.05) is 0 Å². The van der Waals surface area contributed by atoms with Crippen LogP contribution in [0.25, 0.3) is 0 Å². The number of hydrogen-bond acceptors (Lipinski definition) is 7. The molecule has 1 aromatic carbocycles. The third-order valence-electron chi connectivity index (χ3n) is 5.97. The topological polar surface area (TPSA) is 106 Å². The lowest BCUT2D eigenvalue weighted by molar-refractivity contribution is -0.384. The first-order chi connectivity index (χ1) is 12.1. The number of rotatable bonds is 2. The number of oxime groups is 1. The molecule has 2 aliphatic carbocycles. The molecule has 9 nitrogen and oxygen atoms in total. The van der Waals surface area contributed by atoms with E-state index in [1.165, 1.54) is 19.2 Å². The molecule has 2 bridgehead atoms. The van der Waals surface area contributed by atoms with Crippen LogP contribution in [-0.4, -0.2) is 47.0 Å². The van der Waals surface area contributed by atoms with E-state index >= 15 is 0 Å². The lowest BCUT2D eigenvalue weighted by Gasteiger charge is -2.51. The summed E-state index contributed by atoms with van der Waals surface area (Å²) in [4.78, 5) is 27.9. The number of carbonyl (C=O) groups excluding carboxylic acids is 1. The van der Waals surface area contributed by atoms with E-state index < -0.39 is 4.92 Å². The van der Waals surface area contributed by atoms with Gasteiger partial charge in [-0.25, -0.2) is 15.2 Å². The Bertz CT molecular complexity index is 794. The van der Waals surface area contributed by atoms with Gasteiger partial charge in [0, 0.05) is 29.5 Å². The zero-order valence-corrected chi connectivity index (χ0v) is 13.4. The molecule has 0 spiro atoms. The summed E-state index contributed by atoms with van der Waals surface area (Å²) in [6.07, 6.45) is 0.544. The predicted molar refractivity (Wildman–Crippen MR) is 84.5 cm³/mol. The quantitative estimate of drug-likeness (QED) is 0.640. The number of hydrazine groups is 1. The molecular formula is C16H16N4O5. The van der Waals surface area contributed by atoms with Gasteiger partial charge < -0.3 is 9.57 Å². The summed E-state index contributed by atoms with van der Waals surface area (Å²) in [6, 6.07) is 6.73. The van der Waals surface area contributed by atoms with Crippen LogP contribution in [0.4, 0.5) is 10.5 Å². The third-order valence-corrected chi connectivity index (χ3v) is 5.97. The maximum Gasteiger partial charge on any atom is 0.424 e. The first-order valence-corrected chi connectivity index (χ1v) is 8.22. The number of nitro groups is 1. The van der Waals surface area contributed by atoms with Crippen molar-refractivity contribution < 1.29 is 19.3 Å². The molecule has 25 heavy (non-hydrogen) atoms. The molecule has 6 atom stereocenters. The minimum absolute atomic E-state index is 0.0503. The van der Waals surface area contributed by atoms with E-state index in [-0.39, 0.29) is 41.8 Å². The number of ether oxygens (including phenoxy) is 1. The van der Waals surface area contributed by atoms with E-state index in [9.17, 15) is 14.9 Å². The number of hydrogen-bond donors (Lipinski definition) is 1. The van der Waals surface area contributed by atoms with Crippen molar-refractivity contribution in [1.82, 2.24) is 10.4 Å². The number of carbonyl (C=O) groups is 1. The van der Waals surface area contributed by atoms with E-state index in [1.54, 1.807) is 17.1 Å². The highest BCUT2D eigenvalue weighted by molar-refractivity contribution is 6.03. The van der Waals surface area contributed by atoms with Gasteiger partial charge in [-0.2, -0.15) is 0 Å². The van der Waals surface area contributed by atoms with Gasteiger partial charge in [0.2, 0.25) is 0 Å². The first kappa shape index (κ1) is 14.6. The third kappa shape index (κ3) is 1.81. The van der Waals surface area contributed by atoms with Crippen molar-refractivity contribution in [2.45, 2.75) is 24.6 Å². The summed E-state index contributed by atoms with van der Waals surface area (Å²) in [5.41, 5.74) is 4.95. The summed E-state index contributed by atoms with van der Waals surface area (Å²) in [5, 5.41) is 16.6. The van der Waals surface area contributed by atoms with Gasteiger partial charge in [0.15, 0.2) is 0 Å². The maximum absolute atomic E-state index is 11.8. The standard InChI is InChI=1S/C16H16N4O5/c1-24-16(21)19-14-10-6-9(13(14)17-19)11-12(18-25-15(10)11)7-2-4-8(5-3-7)20(22)23/h2-5,9-11,13-15,17H,6H2,1H3/t9-,10-,11?,13-,14+,15?/m0/s1. The summed E-state index contributed by atoms with van der Waals surface area (Å²) in [5.74, 6) is 0.706. The van der Waals surface area contributed by atoms with Gasteiger partial charge in [-0.3, -0.25) is 10.1 Å². The van der Waals surface area contributed by atoms with E-state index in [4.69, 9.17) is 9.57 Å². The number of benzene rings is 1. The second kappa shape index (κ2) is 4.92. The van der Waals surface area contributed by atoms with Crippen LogP contribution in [0.1, 0.15) is 12.0 Å². The fraction of sp³-hybridized carbons (Fsp3) is 0.500. The van der Waals surface area contributed by atoms with Gasteiger partial charge >= 0.3 is 6.09 Å². The van der Waals surface area contributed by atoms with Gasteiger partial charge in [-0.15, -0.1) is 0 Å². The molecule has 1 aromatic rings. The van der Waals surface area contributed by atoms with Crippen LogP contribution in [0.3, 0.4) is 0 Å². The van der Waals surface area contributed by atoms with Gasteiger partial charge in [-0.05, 0) is 24.5 Å². The number of non-ortho nitro benzene ring substituents is 1. The largest absolute Gasteiger partial charge is 0.452 e. The monoisotopic (exact) mass is 344 g/mol. The Morgan fingerprint density at radius 3 is 2.84 bits per heavy atom. The zero-order chi connectivity index (χ0) is 17.3. The average molecular weight is 344 g/mol. The molecule has 2 saturated carbocycles. The molecule has 3 fully saturated rings. The van der Waals surface area contributed by atoms with Crippen LogP contribution < -0.4 is 5.43 Å². The molecule has 1 amide bonds. The number of methoxy groups -OCH3 is 1. The van der Waals surface area contributed by atoms with E-state index in [0.29, 0.717) is 5.92 Å². The molecule has 9 heteroatoms. The fourth-order valence-electron chi connectivity index (χ4n) is 4.97. The SMILES string of the molecule is COC(=O)N1N[C@@H]2[C@H]1[C@@H]1C[C@H]2C2C(c3ccc([N+](=O)[O-])cc3)=NOC21. The molecule has 5 rings (SSSR count). The Hall–Kier alpha value is -2.68. The van der Waals surface area contributed by atoms with Crippen molar-refractivity contribution in [1.29, 1.82) is 0 Å². The summed E-state index contributed by atoms with van der Waals surface area (Å²) in [7, 11) is 1.37.